The third-order valence-corrected chi connectivity index (χ3v) is 1.49. The molecule has 0 unspecified atom stereocenters. The lowest BCUT2D eigenvalue weighted by molar-refractivity contribution is -0.141. The number of hydrogen-bond acceptors (Lipinski definition) is 6. The van der Waals surface area contributed by atoms with E-state index in [1.807, 2.05) is 0 Å². The number of amides is 1. The van der Waals surface area contributed by atoms with Crippen molar-refractivity contribution in [1.29, 1.82) is 0 Å². The number of nitrogens with zero attached hydrogens (tertiary/aromatic N) is 4. The molecule has 0 bridgehead atoms. The third kappa shape index (κ3) is 2.34. The number of anilines is 1. The molecular formula is C6H7F3N6O. The lowest BCUT2D eigenvalue weighted by Crippen LogP contribution is -2.36. The van der Waals surface area contributed by atoms with E-state index in [1.54, 1.807) is 0 Å². The van der Waals surface area contributed by atoms with E-state index in [9.17, 15) is 18.0 Å². The number of rotatable bonds is 1. The van der Waals surface area contributed by atoms with E-state index in [0.717, 1.165) is 7.05 Å². The second-order valence-electron chi connectivity index (χ2n) is 2.78. The van der Waals surface area contributed by atoms with Crippen molar-refractivity contribution in [2.24, 2.45) is 5.84 Å². The number of carbonyl (C=O) groups excluding carboxylic acids is 1. The van der Waals surface area contributed by atoms with Crippen LogP contribution in [0, 0.1) is 0 Å². The van der Waals surface area contributed by atoms with Crippen molar-refractivity contribution in [3.8, 4) is 0 Å². The highest BCUT2D eigenvalue weighted by molar-refractivity contribution is 5.92. The van der Waals surface area contributed by atoms with Gasteiger partial charge in [0.1, 0.15) is 0 Å². The van der Waals surface area contributed by atoms with Crippen LogP contribution in [-0.2, 0) is 6.18 Å². The largest absolute Gasteiger partial charge is 0.435 e. The maximum Gasteiger partial charge on any atom is 0.435 e. The summed E-state index contributed by atoms with van der Waals surface area (Å²) in [5.74, 6) is 3.17. The normalized spacial score (nSPS) is 11.3. The van der Waals surface area contributed by atoms with Crippen molar-refractivity contribution < 1.29 is 18.0 Å². The van der Waals surface area contributed by atoms with Crippen molar-refractivity contribution in [3.05, 3.63) is 11.4 Å². The number of carbonyl (C=O) groups is 1. The molecule has 7 nitrogen and oxygen atoms in total. The predicted octanol–water partition coefficient (Wildman–Crippen LogP) is -0.582. The standard InChI is InChI=1S/C6H7F3N6O/c1-15(11)4(16)2-3(6(7,8)9)12-5(10)14-13-2/h11H2,1H3,(H2,10,12,14). The van der Waals surface area contributed by atoms with Crippen LogP contribution in [0.15, 0.2) is 0 Å². The van der Waals surface area contributed by atoms with Crippen LogP contribution in [-0.4, -0.2) is 33.1 Å². The molecule has 4 N–H and O–H groups in total. The van der Waals surface area contributed by atoms with Crippen molar-refractivity contribution in [1.82, 2.24) is 20.2 Å². The van der Waals surface area contributed by atoms with Crippen LogP contribution in [0.5, 0.6) is 0 Å². The highest BCUT2D eigenvalue weighted by Crippen LogP contribution is 2.29. The molecule has 1 amide bonds. The number of hydrogen-bond donors (Lipinski definition) is 2. The second kappa shape index (κ2) is 3.89. The Kier molecular flexibility index (Phi) is 2.94. The fraction of sp³-hybridized carbons (Fsp3) is 0.333. The molecule has 0 saturated carbocycles. The maximum atomic E-state index is 12.5. The number of nitrogen functional groups attached to an aromatic ring is 1. The lowest BCUT2D eigenvalue weighted by Gasteiger charge is -2.13. The first kappa shape index (κ1) is 12.1. The molecule has 0 aliphatic rings. The van der Waals surface area contributed by atoms with Gasteiger partial charge in [-0.25, -0.2) is 10.8 Å². The van der Waals surface area contributed by atoms with E-state index in [4.69, 9.17) is 11.6 Å². The first-order valence-corrected chi connectivity index (χ1v) is 3.83. The molecular weight excluding hydrogens is 229 g/mol. The molecule has 88 valence electrons. The molecule has 0 fully saturated rings. The minimum atomic E-state index is -4.86. The molecule has 1 aromatic heterocycles. The van der Waals surface area contributed by atoms with Gasteiger partial charge in [0, 0.05) is 7.05 Å². The summed E-state index contributed by atoms with van der Waals surface area (Å²) in [6.07, 6.45) is -4.86. The van der Waals surface area contributed by atoms with Crippen LogP contribution in [0.25, 0.3) is 0 Å². The Labute approximate surface area is 87.2 Å². The van der Waals surface area contributed by atoms with Gasteiger partial charge in [0.15, 0.2) is 11.4 Å². The predicted molar refractivity (Wildman–Crippen MR) is 45.5 cm³/mol. The molecule has 1 heterocycles. The van der Waals surface area contributed by atoms with Gasteiger partial charge in [-0.3, -0.25) is 9.80 Å². The average Bonchev–Trinajstić information content (AvgIpc) is 2.15. The first-order chi connectivity index (χ1) is 7.23. The summed E-state index contributed by atoms with van der Waals surface area (Å²) in [4.78, 5) is 14.2. The SMILES string of the molecule is CN(N)C(=O)c1nnc(N)nc1C(F)(F)F. The Balaban J connectivity index is 3.34. The van der Waals surface area contributed by atoms with Crippen molar-refractivity contribution in [2.45, 2.75) is 6.18 Å². The molecule has 0 aliphatic carbocycles. The van der Waals surface area contributed by atoms with Gasteiger partial charge in [-0.1, -0.05) is 0 Å². The van der Waals surface area contributed by atoms with Crippen molar-refractivity contribution in [3.63, 3.8) is 0 Å². The molecule has 1 rings (SSSR count). The van der Waals surface area contributed by atoms with Crippen molar-refractivity contribution >= 4 is 11.9 Å². The Bertz CT molecular complexity index is 417. The van der Waals surface area contributed by atoms with Crippen LogP contribution in [0.1, 0.15) is 16.2 Å². The Morgan fingerprint density at radius 2 is 1.94 bits per heavy atom. The van der Waals surface area contributed by atoms with Crippen LogP contribution < -0.4 is 11.6 Å². The Morgan fingerprint density at radius 1 is 1.38 bits per heavy atom. The zero-order valence-electron chi connectivity index (χ0n) is 7.99. The van der Waals surface area contributed by atoms with E-state index in [2.05, 4.69) is 15.2 Å². The molecule has 0 atom stereocenters. The lowest BCUT2D eigenvalue weighted by atomic mass is 10.3. The molecule has 0 spiro atoms. The van der Waals surface area contributed by atoms with Gasteiger partial charge >= 0.3 is 6.18 Å². The Morgan fingerprint density at radius 3 is 2.38 bits per heavy atom. The number of nitrogens with two attached hydrogens (primary N) is 2. The number of hydrazine groups is 1. The van der Waals surface area contributed by atoms with E-state index in [0.29, 0.717) is 5.01 Å². The highest BCUT2D eigenvalue weighted by Gasteiger charge is 2.39. The minimum absolute atomic E-state index is 0.442. The van der Waals surface area contributed by atoms with Crippen LogP contribution in [0.4, 0.5) is 19.1 Å². The van der Waals surface area contributed by atoms with E-state index in [-0.39, 0.29) is 0 Å². The number of alkyl halides is 3. The summed E-state index contributed by atoms with van der Waals surface area (Å²) in [6.45, 7) is 0. The van der Waals surface area contributed by atoms with Crippen LogP contribution in [0.2, 0.25) is 0 Å². The molecule has 0 aliphatic heterocycles. The van der Waals surface area contributed by atoms with Gasteiger partial charge in [-0.15, -0.1) is 10.2 Å². The smallest absolute Gasteiger partial charge is 0.366 e. The van der Waals surface area contributed by atoms with E-state index >= 15 is 0 Å². The summed E-state index contributed by atoms with van der Waals surface area (Å²) < 4.78 is 37.4. The minimum Gasteiger partial charge on any atom is -0.366 e. The summed E-state index contributed by atoms with van der Waals surface area (Å²) in [6, 6.07) is 0. The zero-order valence-corrected chi connectivity index (χ0v) is 7.99. The summed E-state index contributed by atoms with van der Waals surface area (Å²) in [7, 11) is 1.07. The molecule has 0 aromatic carbocycles. The van der Waals surface area contributed by atoms with E-state index in [1.165, 1.54) is 0 Å². The Hall–Kier alpha value is -1.97. The molecule has 0 saturated heterocycles. The fourth-order valence-corrected chi connectivity index (χ4v) is 0.847. The van der Waals surface area contributed by atoms with Gasteiger partial charge in [0.2, 0.25) is 5.95 Å². The molecule has 1 aromatic rings. The average molecular weight is 236 g/mol. The molecule has 0 radical (unpaired) electrons. The second-order valence-corrected chi connectivity index (χ2v) is 2.78. The molecule has 10 heteroatoms. The summed E-state index contributed by atoms with van der Waals surface area (Å²) >= 11 is 0. The third-order valence-electron chi connectivity index (χ3n) is 1.49. The van der Waals surface area contributed by atoms with Gasteiger partial charge < -0.3 is 5.73 Å². The monoisotopic (exact) mass is 236 g/mol. The fourth-order valence-electron chi connectivity index (χ4n) is 0.847. The molecule has 16 heavy (non-hydrogen) atoms. The maximum absolute atomic E-state index is 12.5. The van der Waals surface area contributed by atoms with Crippen molar-refractivity contribution in [2.75, 3.05) is 12.8 Å². The van der Waals surface area contributed by atoms with Crippen LogP contribution in [0.3, 0.4) is 0 Å². The number of halogens is 3. The first-order valence-electron chi connectivity index (χ1n) is 3.83. The summed E-state index contributed by atoms with van der Waals surface area (Å²) in [5, 5.41) is 6.55. The van der Waals surface area contributed by atoms with Gasteiger partial charge in [0.05, 0.1) is 0 Å². The zero-order chi connectivity index (χ0) is 12.5. The van der Waals surface area contributed by atoms with Crippen LogP contribution >= 0.6 is 0 Å². The number of aromatic nitrogens is 3. The van der Waals surface area contributed by atoms with Gasteiger partial charge in [-0.05, 0) is 0 Å². The summed E-state index contributed by atoms with van der Waals surface area (Å²) in [5.41, 5.74) is 2.45. The topological polar surface area (TPSA) is 111 Å². The highest BCUT2D eigenvalue weighted by atomic mass is 19.4. The van der Waals surface area contributed by atoms with E-state index < -0.39 is 29.4 Å². The van der Waals surface area contributed by atoms with Gasteiger partial charge in [0.25, 0.3) is 5.91 Å². The quantitative estimate of drug-likeness (QED) is 0.383. The van der Waals surface area contributed by atoms with Gasteiger partial charge in [-0.2, -0.15) is 13.2 Å².